The normalized spacial score (nSPS) is 17.1. The summed E-state index contributed by atoms with van der Waals surface area (Å²) in [7, 11) is 0. The molecule has 0 spiro atoms. The third-order valence-corrected chi connectivity index (χ3v) is 3.74. The van der Waals surface area contributed by atoms with Crippen LogP contribution in [0.25, 0.3) is 11.0 Å². The molecule has 0 aromatic carbocycles. The van der Waals surface area contributed by atoms with Crippen LogP contribution in [0.3, 0.4) is 0 Å². The van der Waals surface area contributed by atoms with E-state index in [2.05, 4.69) is 19.9 Å². The average Bonchev–Trinajstić information content (AvgIpc) is 2.93. The van der Waals surface area contributed by atoms with Gasteiger partial charge in [0.05, 0.1) is 18.5 Å². The molecule has 1 fully saturated rings. The molecule has 6 nitrogen and oxygen atoms in total. The van der Waals surface area contributed by atoms with Gasteiger partial charge in [0.1, 0.15) is 23.4 Å². The molecule has 4 heterocycles. The highest BCUT2D eigenvalue weighted by atomic mass is 16.3. The Morgan fingerprint density at radius 2 is 2.15 bits per heavy atom. The number of aromatic amines is 1. The molecule has 0 radical (unpaired) electrons. The topological polar surface area (TPSA) is 77.9 Å². The highest BCUT2D eigenvalue weighted by molar-refractivity contribution is 5.87. The van der Waals surface area contributed by atoms with E-state index in [1.54, 1.807) is 12.4 Å². The second-order valence-corrected chi connectivity index (χ2v) is 5.07. The quantitative estimate of drug-likeness (QED) is 0.726. The lowest BCUT2D eigenvalue weighted by Crippen LogP contribution is -2.60. The van der Waals surface area contributed by atoms with Gasteiger partial charge in [0.15, 0.2) is 0 Å². The van der Waals surface area contributed by atoms with Gasteiger partial charge in [-0.3, -0.25) is 4.98 Å². The summed E-state index contributed by atoms with van der Waals surface area (Å²) >= 11 is 0. The van der Waals surface area contributed by atoms with Crippen molar-refractivity contribution in [1.82, 2.24) is 19.9 Å². The molecule has 1 saturated heterocycles. The van der Waals surface area contributed by atoms with E-state index in [9.17, 15) is 5.11 Å². The molecule has 3 aromatic rings. The molecule has 100 valence electrons. The molecule has 0 aliphatic carbocycles. The lowest BCUT2D eigenvalue weighted by Gasteiger charge is -2.47. The first-order chi connectivity index (χ1) is 9.76. The molecule has 0 saturated carbocycles. The van der Waals surface area contributed by atoms with Crippen LogP contribution >= 0.6 is 0 Å². The molecule has 1 aliphatic rings. The summed E-state index contributed by atoms with van der Waals surface area (Å²) < 4.78 is 0. The highest BCUT2D eigenvalue weighted by Crippen LogP contribution is 2.36. The fraction of sp³-hybridized carbons (Fsp3) is 0.214. The maximum absolute atomic E-state index is 10.6. The van der Waals surface area contributed by atoms with Gasteiger partial charge in [-0.15, -0.1) is 0 Å². The van der Waals surface area contributed by atoms with Gasteiger partial charge in [-0.2, -0.15) is 0 Å². The summed E-state index contributed by atoms with van der Waals surface area (Å²) in [5, 5.41) is 11.6. The Labute approximate surface area is 115 Å². The Kier molecular flexibility index (Phi) is 2.28. The molecule has 2 N–H and O–H groups in total. The molecule has 0 unspecified atom stereocenters. The zero-order valence-electron chi connectivity index (χ0n) is 10.7. The van der Waals surface area contributed by atoms with Crippen LogP contribution in [0.5, 0.6) is 0 Å². The van der Waals surface area contributed by atoms with Crippen molar-refractivity contribution in [3.8, 4) is 0 Å². The van der Waals surface area contributed by atoms with Crippen molar-refractivity contribution in [2.45, 2.75) is 5.60 Å². The van der Waals surface area contributed by atoms with Crippen LogP contribution < -0.4 is 4.90 Å². The molecular formula is C14H13N5O. The standard InChI is InChI=1S/C14H13N5O/c20-14(10-2-1-4-15-6-10)7-19(8-14)13-11-3-5-16-12(11)17-9-18-13/h1-6,9,20H,7-8H2,(H,16,17,18). The third-order valence-electron chi connectivity index (χ3n) is 3.74. The van der Waals surface area contributed by atoms with E-state index in [0.717, 1.165) is 22.4 Å². The van der Waals surface area contributed by atoms with Crippen molar-refractivity contribution in [3.05, 3.63) is 48.7 Å². The number of aromatic nitrogens is 4. The van der Waals surface area contributed by atoms with Gasteiger partial charge in [0, 0.05) is 24.2 Å². The summed E-state index contributed by atoms with van der Waals surface area (Å²) in [6, 6.07) is 5.69. The molecule has 0 amide bonds. The maximum atomic E-state index is 10.6. The van der Waals surface area contributed by atoms with Crippen molar-refractivity contribution in [2.75, 3.05) is 18.0 Å². The van der Waals surface area contributed by atoms with E-state index < -0.39 is 5.60 Å². The molecule has 0 bridgehead atoms. The lowest BCUT2D eigenvalue weighted by molar-refractivity contribution is 0.00692. The van der Waals surface area contributed by atoms with Crippen LogP contribution in [0, 0.1) is 0 Å². The van der Waals surface area contributed by atoms with Gasteiger partial charge >= 0.3 is 0 Å². The first kappa shape index (κ1) is 11.4. The van der Waals surface area contributed by atoms with Crippen LogP contribution in [-0.2, 0) is 5.60 Å². The van der Waals surface area contributed by atoms with Crippen LogP contribution in [-0.4, -0.2) is 38.1 Å². The number of rotatable bonds is 2. The lowest BCUT2D eigenvalue weighted by atomic mass is 9.87. The summed E-state index contributed by atoms with van der Waals surface area (Å²) in [5.74, 6) is 0.852. The Morgan fingerprint density at radius 3 is 2.95 bits per heavy atom. The molecule has 1 aliphatic heterocycles. The number of nitrogens with one attached hydrogen (secondary N) is 1. The van der Waals surface area contributed by atoms with E-state index in [1.165, 1.54) is 6.33 Å². The second kappa shape index (κ2) is 4.01. The Bertz CT molecular complexity index is 748. The van der Waals surface area contributed by atoms with Crippen LogP contribution in [0.15, 0.2) is 43.1 Å². The van der Waals surface area contributed by atoms with Gasteiger partial charge < -0.3 is 15.0 Å². The fourth-order valence-electron chi connectivity index (χ4n) is 2.67. The number of pyridine rings is 1. The number of aliphatic hydroxyl groups is 1. The summed E-state index contributed by atoms with van der Waals surface area (Å²) in [5.41, 5.74) is 0.810. The predicted octanol–water partition coefficient (Wildman–Crippen LogP) is 1.06. The predicted molar refractivity (Wildman–Crippen MR) is 74.2 cm³/mol. The molecule has 4 rings (SSSR count). The van der Waals surface area contributed by atoms with E-state index in [1.807, 2.05) is 29.3 Å². The van der Waals surface area contributed by atoms with Crippen molar-refractivity contribution in [1.29, 1.82) is 0 Å². The zero-order chi connectivity index (χ0) is 13.6. The van der Waals surface area contributed by atoms with E-state index in [4.69, 9.17) is 0 Å². The van der Waals surface area contributed by atoms with E-state index >= 15 is 0 Å². The second-order valence-electron chi connectivity index (χ2n) is 5.07. The molecule has 3 aromatic heterocycles. The summed E-state index contributed by atoms with van der Waals surface area (Å²) in [6.45, 7) is 1.02. The Hall–Kier alpha value is -2.47. The number of hydrogen-bond donors (Lipinski definition) is 2. The van der Waals surface area contributed by atoms with Gasteiger partial charge in [-0.05, 0) is 12.1 Å². The van der Waals surface area contributed by atoms with E-state index in [-0.39, 0.29) is 0 Å². The number of nitrogens with zero attached hydrogens (tertiary/aromatic N) is 4. The smallest absolute Gasteiger partial charge is 0.142 e. The highest BCUT2D eigenvalue weighted by Gasteiger charge is 2.44. The van der Waals surface area contributed by atoms with E-state index in [0.29, 0.717) is 13.1 Å². The minimum atomic E-state index is -0.845. The van der Waals surface area contributed by atoms with Crippen LogP contribution in [0.1, 0.15) is 5.56 Å². The van der Waals surface area contributed by atoms with Crippen LogP contribution in [0.4, 0.5) is 5.82 Å². The number of hydrogen-bond acceptors (Lipinski definition) is 5. The Morgan fingerprint density at radius 1 is 1.25 bits per heavy atom. The first-order valence-corrected chi connectivity index (χ1v) is 6.42. The van der Waals surface area contributed by atoms with Gasteiger partial charge in [0.25, 0.3) is 0 Å². The number of β-amino-alcohol motifs (C(OH)–C–C–N with tert-alkyl or cyclic N) is 1. The zero-order valence-corrected chi connectivity index (χ0v) is 10.7. The van der Waals surface area contributed by atoms with Gasteiger partial charge in [0.2, 0.25) is 0 Å². The Balaban J connectivity index is 1.64. The van der Waals surface area contributed by atoms with Gasteiger partial charge in [-0.25, -0.2) is 9.97 Å². The SMILES string of the molecule is OC1(c2cccnc2)CN(c2ncnc3[nH]ccc23)C1. The molecule has 20 heavy (non-hydrogen) atoms. The van der Waals surface area contributed by atoms with Crippen LogP contribution in [0.2, 0.25) is 0 Å². The van der Waals surface area contributed by atoms with Crippen molar-refractivity contribution in [3.63, 3.8) is 0 Å². The number of fused-ring (bicyclic) bond motifs is 1. The fourth-order valence-corrected chi connectivity index (χ4v) is 2.67. The number of H-pyrrole nitrogens is 1. The minimum absolute atomic E-state index is 0.510. The minimum Gasteiger partial charge on any atom is -0.381 e. The van der Waals surface area contributed by atoms with Crippen molar-refractivity contribution < 1.29 is 5.11 Å². The third kappa shape index (κ3) is 1.58. The summed E-state index contributed by atoms with van der Waals surface area (Å²) in [4.78, 5) is 17.7. The number of anilines is 1. The monoisotopic (exact) mass is 267 g/mol. The first-order valence-electron chi connectivity index (χ1n) is 6.42. The molecular weight excluding hydrogens is 254 g/mol. The van der Waals surface area contributed by atoms with Crippen molar-refractivity contribution in [2.24, 2.45) is 0 Å². The molecule has 0 atom stereocenters. The summed E-state index contributed by atoms with van der Waals surface area (Å²) in [6.07, 6.45) is 6.80. The molecule has 6 heteroatoms. The van der Waals surface area contributed by atoms with Gasteiger partial charge in [-0.1, -0.05) is 6.07 Å². The maximum Gasteiger partial charge on any atom is 0.142 e. The van der Waals surface area contributed by atoms with Crippen molar-refractivity contribution >= 4 is 16.9 Å². The largest absolute Gasteiger partial charge is 0.381 e. The average molecular weight is 267 g/mol.